The van der Waals surface area contributed by atoms with Crippen molar-refractivity contribution in [2.24, 2.45) is 0 Å². The third kappa shape index (κ3) is 3.75. The second kappa shape index (κ2) is 8.49. The van der Waals surface area contributed by atoms with E-state index >= 15 is 0 Å². The molecule has 0 saturated heterocycles. The summed E-state index contributed by atoms with van der Waals surface area (Å²) in [7, 11) is 0. The molecule has 1 heterocycles. The van der Waals surface area contributed by atoms with Gasteiger partial charge in [-0.3, -0.25) is 0 Å². The Hall–Kier alpha value is -3.61. The van der Waals surface area contributed by atoms with Crippen molar-refractivity contribution < 1.29 is 0 Å². The maximum Gasteiger partial charge on any atom is 0.0998 e. The standard InChI is InChI=1S/C29H21BrN2/c1-20-28(17-25(18-31)24-13-12-22-6-2-3-7-23(22)16-24)27-8-4-5-9-29(27)32(20)19-21-10-14-26(30)15-11-21/h2-17H,19H2,1H3/b25-17-. The maximum atomic E-state index is 10.0. The van der Waals surface area contributed by atoms with Crippen LogP contribution in [0.2, 0.25) is 0 Å². The number of benzene rings is 4. The van der Waals surface area contributed by atoms with Crippen LogP contribution in [0.4, 0.5) is 0 Å². The molecular weight excluding hydrogens is 456 g/mol. The summed E-state index contributed by atoms with van der Waals surface area (Å²) < 4.78 is 3.41. The first-order valence-electron chi connectivity index (χ1n) is 10.6. The minimum absolute atomic E-state index is 0.672. The van der Waals surface area contributed by atoms with Crippen LogP contribution in [0.5, 0.6) is 0 Å². The van der Waals surface area contributed by atoms with Gasteiger partial charge < -0.3 is 4.57 Å². The van der Waals surface area contributed by atoms with Gasteiger partial charge in [-0.2, -0.15) is 5.26 Å². The van der Waals surface area contributed by atoms with E-state index in [4.69, 9.17) is 0 Å². The minimum Gasteiger partial charge on any atom is -0.340 e. The summed E-state index contributed by atoms with van der Waals surface area (Å²) in [4.78, 5) is 0. The van der Waals surface area contributed by atoms with Gasteiger partial charge in [-0.25, -0.2) is 0 Å². The Morgan fingerprint density at radius 2 is 1.62 bits per heavy atom. The molecule has 0 radical (unpaired) electrons. The third-order valence-corrected chi connectivity index (χ3v) is 6.53. The predicted octanol–water partition coefficient (Wildman–Crippen LogP) is 7.98. The maximum absolute atomic E-state index is 10.0. The summed E-state index contributed by atoms with van der Waals surface area (Å²) in [6.07, 6.45) is 2.04. The molecule has 1 aromatic heterocycles. The summed E-state index contributed by atoms with van der Waals surface area (Å²) in [6.45, 7) is 2.92. The van der Waals surface area contributed by atoms with E-state index in [0.29, 0.717) is 5.57 Å². The second-order valence-electron chi connectivity index (χ2n) is 7.96. The van der Waals surface area contributed by atoms with Crippen LogP contribution in [-0.2, 0) is 6.54 Å². The van der Waals surface area contributed by atoms with E-state index in [1.807, 2.05) is 24.3 Å². The summed E-state index contributed by atoms with van der Waals surface area (Å²) >= 11 is 3.52. The molecule has 0 aliphatic carbocycles. The largest absolute Gasteiger partial charge is 0.340 e. The van der Waals surface area contributed by atoms with Gasteiger partial charge in [0.1, 0.15) is 0 Å². The molecule has 0 fully saturated rings. The molecule has 0 unspecified atom stereocenters. The number of allylic oxidation sites excluding steroid dienone is 1. The van der Waals surface area contributed by atoms with Crippen LogP contribution in [0.1, 0.15) is 22.4 Å². The molecule has 5 aromatic rings. The lowest BCUT2D eigenvalue weighted by molar-refractivity contribution is 0.804. The van der Waals surface area contributed by atoms with Crippen LogP contribution in [-0.4, -0.2) is 4.57 Å². The lowest BCUT2D eigenvalue weighted by Crippen LogP contribution is -2.01. The summed E-state index contributed by atoms with van der Waals surface area (Å²) in [6, 6.07) is 33.8. The molecule has 0 spiro atoms. The van der Waals surface area contributed by atoms with Gasteiger partial charge in [-0.05, 0) is 59.2 Å². The predicted molar refractivity (Wildman–Crippen MR) is 137 cm³/mol. The minimum atomic E-state index is 0.672. The fourth-order valence-corrected chi connectivity index (χ4v) is 4.56. The number of hydrogen-bond acceptors (Lipinski definition) is 1. The average Bonchev–Trinajstić information content (AvgIpc) is 3.09. The second-order valence-corrected chi connectivity index (χ2v) is 8.88. The molecule has 4 aromatic carbocycles. The Labute approximate surface area is 196 Å². The van der Waals surface area contributed by atoms with Gasteiger partial charge in [0, 0.05) is 33.2 Å². The normalized spacial score (nSPS) is 11.7. The molecule has 0 aliphatic heterocycles. The highest BCUT2D eigenvalue weighted by molar-refractivity contribution is 9.10. The molecule has 0 bridgehead atoms. The highest BCUT2D eigenvalue weighted by Gasteiger charge is 2.14. The van der Waals surface area contributed by atoms with Crippen LogP contribution < -0.4 is 0 Å². The fraction of sp³-hybridized carbons (Fsp3) is 0.0690. The zero-order valence-electron chi connectivity index (χ0n) is 17.7. The first-order chi connectivity index (χ1) is 15.6. The van der Waals surface area contributed by atoms with Gasteiger partial charge in [0.05, 0.1) is 11.6 Å². The molecule has 0 atom stereocenters. The number of para-hydroxylation sites is 1. The molecule has 32 heavy (non-hydrogen) atoms. The van der Waals surface area contributed by atoms with Gasteiger partial charge in [-0.1, -0.05) is 82.7 Å². The summed E-state index contributed by atoms with van der Waals surface area (Å²) in [5.74, 6) is 0. The van der Waals surface area contributed by atoms with Gasteiger partial charge >= 0.3 is 0 Å². The number of rotatable bonds is 4. The van der Waals surface area contributed by atoms with Crippen LogP contribution in [0, 0.1) is 18.3 Å². The molecule has 0 N–H and O–H groups in total. The molecule has 0 amide bonds. The van der Waals surface area contributed by atoms with E-state index in [1.165, 1.54) is 16.5 Å². The average molecular weight is 477 g/mol. The Morgan fingerprint density at radius 3 is 2.41 bits per heavy atom. The Balaban J connectivity index is 1.64. The molecule has 3 heteroatoms. The third-order valence-electron chi connectivity index (χ3n) is 6.00. The van der Waals surface area contributed by atoms with Crippen LogP contribution in [0.15, 0.2) is 95.5 Å². The molecule has 5 rings (SSSR count). The fourth-order valence-electron chi connectivity index (χ4n) is 4.30. The number of nitriles is 1. The lowest BCUT2D eigenvalue weighted by Gasteiger charge is -2.09. The summed E-state index contributed by atoms with van der Waals surface area (Å²) in [5, 5.41) is 13.5. The number of fused-ring (bicyclic) bond motifs is 2. The molecule has 2 nitrogen and oxygen atoms in total. The van der Waals surface area contributed by atoms with Crippen molar-refractivity contribution in [3.8, 4) is 6.07 Å². The molecule has 154 valence electrons. The Kier molecular flexibility index (Phi) is 5.39. The summed E-state index contributed by atoms with van der Waals surface area (Å²) in [5.41, 5.74) is 6.28. The SMILES string of the molecule is Cc1c(/C=C(/C#N)c2ccc3ccccc3c2)c2ccccc2n1Cc1ccc(Br)cc1. The quantitative estimate of drug-likeness (QED) is 0.241. The van der Waals surface area contributed by atoms with Gasteiger partial charge in [0.2, 0.25) is 0 Å². The van der Waals surface area contributed by atoms with E-state index in [-0.39, 0.29) is 0 Å². The van der Waals surface area contributed by atoms with Crippen LogP contribution in [0.3, 0.4) is 0 Å². The topological polar surface area (TPSA) is 28.7 Å². The van der Waals surface area contributed by atoms with Crippen molar-refractivity contribution >= 4 is 49.3 Å². The Morgan fingerprint density at radius 1 is 0.906 bits per heavy atom. The van der Waals surface area contributed by atoms with E-state index in [9.17, 15) is 5.26 Å². The van der Waals surface area contributed by atoms with Crippen molar-refractivity contribution in [1.82, 2.24) is 4.57 Å². The van der Waals surface area contributed by atoms with Crippen molar-refractivity contribution in [3.63, 3.8) is 0 Å². The van der Waals surface area contributed by atoms with Crippen molar-refractivity contribution in [1.29, 1.82) is 5.26 Å². The highest BCUT2D eigenvalue weighted by atomic mass is 79.9. The van der Waals surface area contributed by atoms with Gasteiger partial charge in [0.25, 0.3) is 0 Å². The van der Waals surface area contributed by atoms with Gasteiger partial charge in [0.15, 0.2) is 0 Å². The Bertz CT molecular complexity index is 1520. The number of halogens is 1. The first-order valence-corrected chi connectivity index (χ1v) is 11.4. The van der Waals surface area contributed by atoms with Crippen molar-refractivity contribution in [2.45, 2.75) is 13.5 Å². The van der Waals surface area contributed by atoms with E-state index in [2.05, 4.69) is 106 Å². The number of hydrogen-bond donors (Lipinski definition) is 0. The smallest absolute Gasteiger partial charge is 0.0998 e. The lowest BCUT2D eigenvalue weighted by atomic mass is 9.99. The van der Waals surface area contributed by atoms with E-state index < -0.39 is 0 Å². The molecular formula is C29H21BrN2. The van der Waals surface area contributed by atoms with Gasteiger partial charge in [-0.15, -0.1) is 0 Å². The van der Waals surface area contributed by atoms with Crippen molar-refractivity contribution in [3.05, 3.63) is 118 Å². The van der Waals surface area contributed by atoms with E-state index in [0.717, 1.165) is 38.6 Å². The monoisotopic (exact) mass is 476 g/mol. The number of aromatic nitrogens is 1. The zero-order valence-corrected chi connectivity index (χ0v) is 19.3. The van der Waals surface area contributed by atoms with E-state index in [1.54, 1.807) is 0 Å². The van der Waals surface area contributed by atoms with Crippen molar-refractivity contribution in [2.75, 3.05) is 0 Å². The van der Waals surface area contributed by atoms with Crippen LogP contribution >= 0.6 is 15.9 Å². The molecule has 0 aliphatic rings. The van der Waals surface area contributed by atoms with Crippen LogP contribution in [0.25, 0.3) is 33.3 Å². The highest BCUT2D eigenvalue weighted by Crippen LogP contribution is 2.31. The zero-order chi connectivity index (χ0) is 22.1. The first kappa shape index (κ1) is 20.3. The molecule has 0 saturated carbocycles. The number of nitrogens with zero attached hydrogens (tertiary/aromatic N) is 2.